The average Bonchev–Trinajstić information content (AvgIpc) is 3.16. The van der Waals surface area contributed by atoms with E-state index < -0.39 is 10.9 Å². The highest BCUT2D eigenvalue weighted by molar-refractivity contribution is 7.14. The number of benzene rings is 2. The molecule has 0 aliphatic heterocycles. The van der Waals surface area contributed by atoms with Gasteiger partial charge in [-0.15, -0.1) is 11.3 Å². The van der Waals surface area contributed by atoms with Crippen LogP contribution >= 0.6 is 34.5 Å². The van der Waals surface area contributed by atoms with Gasteiger partial charge in [-0.3, -0.25) is 15.5 Å². The van der Waals surface area contributed by atoms with Gasteiger partial charge in [-0.2, -0.15) is 5.10 Å². The number of carbonyl (C=O) groups is 1. The summed E-state index contributed by atoms with van der Waals surface area (Å²) in [5, 5.41) is 27.3. The molecule has 0 aliphatic carbocycles. The van der Waals surface area contributed by atoms with Crippen LogP contribution in [0.3, 0.4) is 0 Å². The van der Waals surface area contributed by atoms with Gasteiger partial charge < -0.3 is 5.11 Å². The van der Waals surface area contributed by atoms with Crippen molar-refractivity contribution in [2.75, 3.05) is 5.43 Å². The molecule has 29 heavy (non-hydrogen) atoms. The van der Waals surface area contributed by atoms with Crippen LogP contribution in [0.2, 0.25) is 10.0 Å². The predicted octanol–water partition coefficient (Wildman–Crippen LogP) is 5.12. The van der Waals surface area contributed by atoms with Crippen LogP contribution in [0.5, 0.6) is 0 Å². The number of hydrogen-bond donors (Lipinski definition) is 2. The van der Waals surface area contributed by atoms with Gasteiger partial charge in [0.05, 0.1) is 20.7 Å². The Hall–Kier alpha value is -3.01. The highest BCUT2D eigenvalue weighted by atomic mass is 35.5. The minimum absolute atomic E-state index is 0.169. The van der Waals surface area contributed by atoms with Crippen molar-refractivity contribution in [2.45, 2.75) is 6.42 Å². The summed E-state index contributed by atoms with van der Waals surface area (Å²) in [5.74, 6) is -1.29. The normalized spacial score (nSPS) is 11.3. The number of aromatic nitrogens is 1. The second kappa shape index (κ2) is 8.99. The summed E-state index contributed by atoms with van der Waals surface area (Å²) < 4.78 is 0. The van der Waals surface area contributed by atoms with E-state index in [1.807, 2.05) is 0 Å². The summed E-state index contributed by atoms with van der Waals surface area (Å²) in [4.78, 5) is 26.4. The number of halogens is 2. The molecule has 0 aliphatic rings. The molecule has 0 unspecified atom stereocenters. The van der Waals surface area contributed by atoms with E-state index in [2.05, 4.69) is 15.5 Å². The van der Waals surface area contributed by atoms with Crippen LogP contribution in [-0.4, -0.2) is 26.7 Å². The van der Waals surface area contributed by atoms with E-state index >= 15 is 0 Å². The summed E-state index contributed by atoms with van der Waals surface area (Å²) in [5.41, 5.74) is 3.74. The number of nitro groups is 1. The van der Waals surface area contributed by atoms with Gasteiger partial charge in [-0.25, -0.2) is 9.78 Å². The Bertz CT molecular complexity index is 1120. The first-order chi connectivity index (χ1) is 13.8. The number of para-hydroxylation sites is 1. The Labute approximate surface area is 178 Å². The molecule has 0 atom stereocenters. The van der Waals surface area contributed by atoms with Gasteiger partial charge in [0.2, 0.25) is 5.13 Å². The van der Waals surface area contributed by atoms with Gasteiger partial charge in [0.25, 0.3) is 5.69 Å². The molecular formula is C18H12Cl2N4O4S. The number of rotatable bonds is 7. The van der Waals surface area contributed by atoms with Crippen LogP contribution in [0, 0.1) is 10.1 Å². The maximum absolute atomic E-state index is 11.5. The summed E-state index contributed by atoms with van der Waals surface area (Å²) in [6.45, 7) is 0. The lowest BCUT2D eigenvalue weighted by atomic mass is 10.1. The molecule has 0 saturated heterocycles. The molecule has 3 rings (SSSR count). The first-order valence-electron chi connectivity index (χ1n) is 8.04. The highest BCUT2D eigenvalue weighted by Crippen LogP contribution is 2.30. The topological polar surface area (TPSA) is 118 Å². The van der Waals surface area contributed by atoms with Gasteiger partial charge in [-0.05, 0) is 12.1 Å². The quantitative estimate of drug-likeness (QED) is 0.293. The zero-order valence-corrected chi connectivity index (χ0v) is 16.8. The van der Waals surface area contributed by atoms with Crippen molar-refractivity contribution in [3.05, 3.63) is 73.6 Å². The smallest absolute Gasteiger partial charge is 0.352 e. The average molecular weight is 451 g/mol. The van der Waals surface area contributed by atoms with Gasteiger partial charge in [-0.1, -0.05) is 47.5 Å². The summed E-state index contributed by atoms with van der Waals surface area (Å²) in [7, 11) is 0. The number of hydrogen-bond acceptors (Lipinski definition) is 7. The SMILES string of the molecule is O=C(O)C(Cc1ccccc1[N+](=O)[O-])=NNc1nc(-c2ccc(Cl)c(Cl)c2)cs1. The molecule has 0 fully saturated rings. The van der Waals surface area contributed by atoms with E-state index in [0.29, 0.717) is 20.9 Å². The standard InChI is InChI=1S/C18H12Cl2N4O4S/c19-12-6-5-10(7-13(12)20)15-9-29-18(21-15)23-22-14(17(25)26)8-11-3-1-2-4-16(11)24(27)28/h1-7,9H,8H2,(H,21,23)(H,25,26). The number of nitrogens with one attached hydrogen (secondary N) is 1. The number of thiazole rings is 1. The molecule has 1 heterocycles. The number of aliphatic carboxylic acids is 1. The molecule has 8 nitrogen and oxygen atoms in total. The Morgan fingerprint density at radius 2 is 2.00 bits per heavy atom. The number of hydrazone groups is 1. The number of carboxylic acids is 1. The van der Waals surface area contributed by atoms with Crippen LogP contribution < -0.4 is 5.43 Å². The minimum Gasteiger partial charge on any atom is -0.477 e. The zero-order chi connectivity index (χ0) is 21.0. The summed E-state index contributed by atoms with van der Waals surface area (Å²) >= 11 is 13.1. The lowest BCUT2D eigenvalue weighted by Gasteiger charge is -2.04. The first-order valence-corrected chi connectivity index (χ1v) is 9.68. The maximum Gasteiger partial charge on any atom is 0.352 e. The summed E-state index contributed by atoms with van der Waals surface area (Å²) in [6.07, 6.45) is -0.218. The monoisotopic (exact) mass is 450 g/mol. The van der Waals surface area contributed by atoms with E-state index in [9.17, 15) is 20.0 Å². The van der Waals surface area contributed by atoms with E-state index in [0.717, 1.165) is 5.56 Å². The largest absolute Gasteiger partial charge is 0.477 e. The first kappa shape index (κ1) is 20.7. The molecule has 148 valence electrons. The van der Waals surface area contributed by atoms with Crippen molar-refractivity contribution >= 4 is 57.0 Å². The van der Waals surface area contributed by atoms with Crippen molar-refractivity contribution in [1.82, 2.24) is 4.98 Å². The maximum atomic E-state index is 11.5. The van der Waals surface area contributed by atoms with E-state index in [1.165, 1.54) is 29.5 Å². The van der Waals surface area contributed by atoms with Crippen LogP contribution in [-0.2, 0) is 11.2 Å². The van der Waals surface area contributed by atoms with Gasteiger partial charge >= 0.3 is 5.97 Å². The molecule has 0 radical (unpaired) electrons. The van der Waals surface area contributed by atoms with Crippen LogP contribution in [0.25, 0.3) is 11.3 Å². The number of carboxylic acid groups (broad SMARTS) is 1. The van der Waals surface area contributed by atoms with Gasteiger partial charge in [0.15, 0.2) is 0 Å². The third kappa shape index (κ3) is 5.08. The van der Waals surface area contributed by atoms with E-state index in [4.69, 9.17) is 23.2 Å². The van der Waals surface area contributed by atoms with Crippen molar-refractivity contribution in [3.63, 3.8) is 0 Å². The Morgan fingerprint density at radius 3 is 2.69 bits per heavy atom. The second-order valence-corrected chi connectivity index (χ2v) is 7.38. The molecule has 0 amide bonds. The van der Waals surface area contributed by atoms with Crippen molar-refractivity contribution in [3.8, 4) is 11.3 Å². The van der Waals surface area contributed by atoms with Gasteiger partial charge in [0.1, 0.15) is 5.71 Å². The lowest BCUT2D eigenvalue weighted by Crippen LogP contribution is -2.18. The molecule has 11 heteroatoms. The lowest BCUT2D eigenvalue weighted by molar-refractivity contribution is -0.385. The van der Waals surface area contributed by atoms with Crippen LogP contribution in [0.15, 0.2) is 52.9 Å². The molecule has 1 aromatic heterocycles. The fraction of sp³-hybridized carbons (Fsp3) is 0.0556. The predicted molar refractivity (Wildman–Crippen MR) is 113 cm³/mol. The summed E-state index contributed by atoms with van der Waals surface area (Å²) in [6, 6.07) is 11.0. The molecule has 0 bridgehead atoms. The minimum atomic E-state index is -1.29. The number of anilines is 1. The highest BCUT2D eigenvalue weighted by Gasteiger charge is 2.18. The van der Waals surface area contributed by atoms with Crippen molar-refractivity contribution < 1.29 is 14.8 Å². The fourth-order valence-corrected chi connectivity index (χ4v) is 3.37. The fourth-order valence-electron chi connectivity index (χ4n) is 2.41. The molecular weight excluding hydrogens is 439 g/mol. The van der Waals surface area contributed by atoms with Gasteiger partial charge in [0, 0.05) is 29.0 Å². The molecule has 3 aromatic rings. The molecule has 0 saturated carbocycles. The third-order valence-corrected chi connectivity index (χ3v) is 5.29. The van der Waals surface area contributed by atoms with Crippen LogP contribution in [0.1, 0.15) is 5.56 Å². The molecule has 2 N–H and O–H groups in total. The van der Waals surface area contributed by atoms with E-state index in [-0.39, 0.29) is 23.4 Å². The second-order valence-electron chi connectivity index (χ2n) is 5.70. The Balaban J connectivity index is 1.80. The van der Waals surface area contributed by atoms with E-state index in [1.54, 1.807) is 29.6 Å². The Morgan fingerprint density at radius 1 is 1.24 bits per heavy atom. The van der Waals surface area contributed by atoms with Crippen LogP contribution in [0.4, 0.5) is 10.8 Å². The molecule has 2 aromatic carbocycles. The number of nitrogens with zero attached hydrogens (tertiary/aromatic N) is 3. The Kier molecular flexibility index (Phi) is 6.42. The van der Waals surface area contributed by atoms with Crippen molar-refractivity contribution in [2.24, 2.45) is 5.10 Å². The zero-order valence-electron chi connectivity index (χ0n) is 14.5. The molecule has 0 spiro atoms. The number of nitro benzene ring substituents is 1. The third-order valence-electron chi connectivity index (χ3n) is 3.80. The van der Waals surface area contributed by atoms with Crippen molar-refractivity contribution in [1.29, 1.82) is 0 Å².